The van der Waals surface area contributed by atoms with Gasteiger partial charge in [-0.15, -0.1) is 0 Å². The van der Waals surface area contributed by atoms with E-state index in [9.17, 15) is 24.9 Å². The van der Waals surface area contributed by atoms with Crippen LogP contribution in [0.3, 0.4) is 0 Å². The molecule has 0 aromatic heterocycles. The highest BCUT2D eigenvalue weighted by Gasteiger charge is 2.22. The molecule has 1 amide bonds. The number of amides is 1. The number of phenols is 2. The first-order valence-corrected chi connectivity index (χ1v) is 6.09. The molecule has 4 N–H and O–H groups in total. The van der Waals surface area contributed by atoms with Gasteiger partial charge in [0.05, 0.1) is 0 Å². The van der Waals surface area contributed by atoms with E-state index in [2.05, 4.69) is 5.32 Å². The zero-order chi connectivity index (χ0) is 15.4. The summed E-state index contributed by atoms with van der Waals surface area (Å²) >= 11 is 0. The average molecular weight is 287 g/mol. The van der Waals surface area contributed by atoms with E-state index in [0.29, 0.717) is 5.56 Å². The topological polar surface area (TPSA) is 107 Å². The maximum Gasteiger partial charge on any atom is 0.330 e. The third-order valence-corrected chi connectivity index (χ3v) is 2.89. The summed E-state index contributed by atoms with van der Waals surface area (Å²) in [6.45, 7) is 0. The normalized spacial score (nSPS) is 11.6. The Morgan fingerprint density at radius 3 is 2.19 bits per heavy atom. The van der Waals surface area contributed by atoms with Crippen molar-refractivity contribution in [2.75, 3.05) is 0 Å². The zero-order valence-corrected chi connectivity index (χ0v) is 10.9. The van der Waals surface area contributed by atoms with E-state index in [4.69, 9.17) is 0 Å². The second kappa shape index (κ2) is 5.96. The minimum Gasteiger partial charge on any atom is -0.504 e. The molecule has 6 nitrogen and oxygen atoms in total. The fraction of sp³-hybridized carbons (Fsp3) is 0.0667. The number of carboxylic acids is 1. The predicted molar refractivity (Wildman–Crippen MR) is 74.1 cm³/mol. The Morgan fingerprint density at radius 2 is 1.62 bits per heavy atom. The number of carboxylic acid groups (broad SMARTS) is 1. The summed E-state index contributed by atoms with van der Waals surface area (Å²) in [7, 11) is 0. The Hall–Kier alpha value is -3.02. The summed E-state index contributed by atoms with van der Waals surface area (Å²) < 4.78 is 0. The molecule has 2 aromatic rings. The third kappa shape index (κ3) is 3.30. The van der Waals surface area contributed by atoms with Crippen LogP contribution in [0.1, 0.15) is 22.0 Å². The first kappa shape index (κ1) is 14.4. The number of aliphatic carboxylic acids is 1. The van der Waals surface area contributed by atoms with E-state index >= 15 is 0 Å². The van der Waals surface area contributed by atoms with Gasteiger partial charge in [0.15, 0.2) is 17.5 Å². The molecule has 0 aliphatic rings. The number of aromatic hydroxyl groups is 2. The molecule has 0 radical (unpaired) electrons. The van der Waals surface area contributed by atoms with Crippen molar-refractivity contribution in [3.05, 3.63) is 59.7 Å². The minimum atomic E-state index is -1.20. The Morgan fingerprint density at radius 1 is 0.952 bits per heavy atom. The lowest BCUT2D eigenvalue weighted by molar-refractivity contribution is -0.139. The maximum atomic E-state index is 12.0. The van der Waals surface area contributed by atoms with Gasteiger partial charge in [0.25, 0.3) is 5.91 Å². The fourth-order valence-electron chi connectivity index (χ4n) is 1.81. The van der Waals surface area contributed by atoms with Crippen LogP contribution < -0.4 is 5.32 Å². The molecule has 6 heteroatoms. The molecule has 0 aliphatic heterocycles. The molecule has 1 unspecified atom stereocenters. The summed E-state index contributed by atoms with van der Waals surface area (Å²) in [5, 5.41) is 30.1. The van der Waals surface area contributed by atoms with Crippen LogP contribution in [0.5, 0.6) is 11.5 Å². The Kier molecular flexibility index (Phi) is 4.08. The molecule has 21 heavy (non-hydrogen) atoms. The molecular weight excluding hydrogens is 274 g/mol. The van der Waals surface area contributed by atoms with Gasteiger partial charge in [0.1, 0.15) is 0 Å². The third-order valence-electron chi connectivity index (χ3n) is 2.89. The van der Waals surface area contributed by atoms with Gasteiger partial charge in [-0.2, -0.15) is 0 Å². The van der Waals surface area contributed by atoms with Crippen molar-refractivity contribution in [3.8, 4) is 11.5 Å². The lowest BCUT2D eigenvalue weighted by Gasteiger charge is -2.15. The summed E-state index contributed by atoms with van der Waals surface area (Å²) in [4.78, 5) is 23.3. The van der Waals surface area contributed by atoms with E-state index in [1.165, 1.54) is 6.07 Å². The van der Waals surface area contributed by atoms with Crippen LogP contribution in [-0.4, -0.2) is 27.2 Å². The lowest BCUT2D eigenvalue weighted by atomic mass is 10.1. The molecule has 0 fully saturated rings. The predicted octanol–water partition coefficient (Wildman–Crippen LogP) is 1.65. The molecule has 2 aromatic carbocycles. The van der Waals surface area contributed by atoms with Crippen molar-refractivity contribution in [1.29, 1.82) is 0 Å². The SMILES string of the molecule is O=C(NC(C(=O)O)c1ccccc1)c1ccc(O)c(O)c1. The van der Waals surface area contributed by atoms with Gasteiger partial charge >= 0.3 is 5.97 Å². The molecule has 0 bridgehead atoms. The van der Waals surface area contributed by atoms with E-state index < -0.39 is 23.7 Å². The van der Waals surface area contributed by atoms with Crippen molar-refractivity contribution >= 4 is 11.9 Å². The van der Waals surface area contributed by atoms with Gasteiger partial charge in [-0.05, 0) is 23.8 Å². The number of hydrogen-bond acceptors (Lipinski definition) is 4. The van der Waals surface area contributed by atoms with Crippen LogP contribution in [-0.2, 0) is 4.79 Å². The smallest absolute Gasteiger partial charge is 0.330 e. The summed E-state index contributed by atoms with van der Waals surface area (Å²) in [5.74, 6) is -2.67. The molecular formula is C15H13NO5. The lowest BCUT2D eigenvalue weighted by Crippen LogP contribution is -2.33. The zero-order valence-electron chi connectivity index (χ0n) is 10.9. The van der Waals surface area contributed by atoms with Gasteiger partial charge in [-0.3, -0.25) is 4.79 Å². The number of hydrogen-bond donors (Lipinski definition) is 4. The van der Waals surface area contributed by atoms with Crippen molar-refractivity contribution in [2.45, 2.75) is 6.04 Å². The highest BCUT2D eigenvalue weighted by molar-refractivity contribution is 5.97. The minimum absolute atomic E-state index is 0.0486. The van der Waals surface area contributed by atoms with E-state index in [0.717, 1.165) is 12.1 Å². The monoisotopic (exact) mass is 287 g/mol. The van der Waals surface area contributed by atoms with Gasteiger partial charge in [0.2, 0.25) is 0 Å². The first-order chi connectivity index (χ1) is 9.99. The number of carbonyl (C=O) groups is 2. The number of phenolic OH excluding ortho intramolecular Hbond substituents is 2. The molecule has 0 heterocycles. The summed E-state index contributed by atoms with van der Waals surface area (Å²) in [5.41, 5.74) is 0.480. The van der Waals surface area contributed by atoms with E-state index in [-0.39, 0.29) is 11.3 Å². The number of carbonyl (C=O) groups excluding carboxylic acids is 1. The summed E-state index contributed by atoms with van der Waals surface area (Å²) in [6.07, 6.45) is 0. The van der Waals surface area contributed by atoms with Crippen LogP contribution in [0.4, 0.5) is 0 Å². The van der Waals surface area contributed by atoms with Gasteiger partial charge < -0.3 is 20.6 Å². The molecule has 0 aliphatic carbocycles. The largest absolute Gasteiger partial charge is 0.504 e. The summed E-state index contributed by atoms with van der Waals surface area (Å²) in [6, 6.07) is 10.6. The second-order valence-corrected chi connectivity index (χ2v) is 4.36. The second-order valence-electron chi connectivity index (χ2n) is 4.36. The quantitative estimate of drug-likeness (QED) is 0.640. The van der Waals surface area contributed by atoms with Crippen LogP contribution in [0.15, 0.2) is 48.5 Å². The van der Waals surface area contributed by atoms with Crippen LogP contribution in [0, 0.1) is 0 Å². The van der Waals surface area contributed by atoms with E-state index in [1.807, 2.05) is 0 Å². The van der Waals surface area contributed by atoms with E-state index in [1.54, 1.807) is 30.3 Å². The Bertz CT molecular complexity index is 669. The van der Waals surface area contributed by atoms with Crippen molar-refractivity contribution in [1.82, 2.24) is 5.32 Å². The van der Waals surface area contributed by atoms with Crippen molar-refractivity contribution in [2.24, 2.45) is 0 Å². The Labute approximate surface area is 120 Å². The molecule has 1 atom stereocenters. The first-order valence-electron chi connectivity index (χ1n) is 6.09. The number of rotatable bonds is 4. The highest BCUT2D eigenvalue weighted by atomic mass is 16.4. The molecule has 0 saturated carbocycles. The standard InChI is InChI=1S/C15H13NO5/c17-11-7-6-10(8-12(11)18)14(19)16-13(15(20)21)9-4-2-1-3-5-9/h1-8,13,17-18H,(H,16,19)(H,20,21). The molecule has 108 valence electrons. The number of nitrogens with one attached hydrogen (secondary N) is 1. The molecule has 0 spiro atoms. The molecule has 0 saturated heterocycles. The van der Waals surface area contributed by atoms with Crippen molar-refractivity contribution in [3.63, 3.8) is 0 Å². The van der Waals surface area contributed by atoms with Crippen LogP contribution in [0.2, 0.25) is 0 Å². The van der Waals surface area contributed by atoms with Crippen molar-refractivity contribution < 1.29 is 24.9 Å². The average Bonchev–Trinajstić information content (AvgIpc) is 2.48. The number of benzene rings is 2. The molecule has 2 rings (SSSR count). The van der Waals surface area contributed by atoms with Gasteiger partial charge in [-0.1, -0.05) is 30.3 Å². The fourth-order valence-corrected chi connectivity index (χ4v) is 1.81. The van der Waals surface area contributed by atoms with Gasteiger partial charge in [-0.25, -0.2) is 4.79 Å². The van der Waals surface area contributed by atoms with Crippen LogP contribution >= 0.6 is 0 Å². The highest BCUT2D eigenvalue weighted by Crippen LogP contribution is 2.25. The van der Waals surface area contributed by atoms with Crippen LogP contribution in [0.25, 0.3) is 0 Å². The Balaban J connectivity index is 2.23. The van der Waals surface area contributed by atoms with Gasteiger partial charge in [0, 0.05) is 5.56 Å². The maximum absolute atomic E-state index is 12.0.